The van der Waals surface area contributed by atoms with Gasteiger partial charge in [-0.3, -0.25) is 0 Å². The molecule has 0 atom stereocenters. The number of hydrogen-bond donors (Lipinski definition) is 1. The lowest BCUT2D eigenvalue weighted by Crippen LogP contribution is -2.05. The van der Waals surface area contributed by atoms with Gasteiger partial charge in [-0.15, -0.1) is 0 Å². The van der Waals surface area contributed by atoms with Gasteiger partial charge in [-0.25, -0.2) is 4.98 Å². The molecule has 1 heterocycles. The Hall–Kier alpha value is -2.26. The van der Waals surface area contributed by atoms with E-state index in [-0.39, 0.29) is 0 Å². The second-order valence-corrected chi connectivity index (χ2v) is 5.82. The standard InChI is InChI=1S/C18H18ClN3/c1-13-5-3-6-14(9-13)11-20-18-21-12-17(22(18)2)15-7-4-8-16(19)10-15/h3-10,12H,11H2,1-2H3,(H,20,21). The first-order chi connectivity index (χ1) is 10.6. The van der Waals surface area contributed by atoms with Crippen LogP contribution in [0, 0.1) is 6.92 Å². The fourth-order valence-corrected chi connectivity index (χ4v) is 2.68. The van der Waals surface area contributed by atoms with E-state index >= 15 is 0 Å². The Morgan fingerprint density at radius 3 is 2.73 bits per heavy atom. The van der Waals surface area contributed by atoms with Crippen LogP contribution >= 0.6 is 11.6 Å². The van der Waals surface area contributed by atoms with Gasteiger partial charge in [0.25, 0.3) is 0 Å². The van der Waals surface area contributed by atoms with E-state index in [1.807, 2.05) is 42.1 Å². The van der Waals surface area contributed by atoms with Gasteiger partial charge in [0.05, 0.1) is 11.9 Å². The molecule has 0 radical (unpaired) electrons. The minimum absolute atomic E-state index is 0.730. The lowest BCUT2D eigenvalue weighted by Gasteiger charge is -2.09. The van der Waals surface area contributed by atoms with E-state index in [0.717, 1.165) is 28.8 Å². The van der Waals surface area contributed by atoms with Crippen LogP contribution in [0.2, 0.25) is 5.02 Å². The van der Waals surface area contributed by atoms with Crippen molar-refractivity contribution in [1.82, 2.24) is 9.55 Å². The number of nitrogens with zero attached hydrogens (tertiary/aromatic N) is 2. The van der Waals surface area contributed by atoms with Crippen LogP contribution < -0.4 is 5.32 Å². The number of anilines is 1. The number of aryl methyl sites for hydroxylation is 1. The van der Waals surface area contributed by atoms with Crippen molar-refractivity contribution in [3.8, 4) is 11.3 Å². The van der Waals surface area contributed by atoms with Crippen molar-refractivity contribution in [2.75, 3.05) is 5.32 Å². The van der Waals surface area contributed by atoms with E-state index in [4.69, 9.17) is 11.6 Å². The summed E-state index contributed by atoms with van der Waals surface area (Å²) < 4.78 is 2.04. The molecule has 0 saturated heterocycles. The Morgan fingerprint density at radius 2 is 1.95 bits per heavy atom. The van der Waals surface area contributed by atoms with Gasteiger partial charge in [0.2, 0.25) is 5.95 Å². The molecule has 22 heavy (non-hydrogen) atoms. The van der Waals surface area contributed by atoms with Crippen LogP contribution in [-0.4, -0.2) is 9.55 Å². The highest BCUT2D eigenvalue weighted by atomic mass is 35.5. The molecular weight excluding hydrogens is 294 g/mol. The van der Waals surface area contributed by atoms with Gasteiger partial charge in [-0.2, -0.15) is 0 Å². The summed E-state index contributed by atoms with van der Waals surface area (Å²) in [6, 6.07) is 16.3. The first-order valence-electron chi connectivity index (χ1n) is 7.20. The average molecular weight is 312 g/mol. The number of hydrogen-bond acceptors (Lipinski definition) is 2. The van der Waals surface area contributed by atoms with Crippen molar-refractivity contribution in [1.29, 1.82) is 0 Å². The molecule has 0 aliphatic heterocycles. The van der Waals surface area contributed by atoms with E-state index in [9.17, 15) is 0 Å². The molecule has 112 valence electrons. The summed E-state index contributed by atoms with van der Waals surface area (Å²) in [5, 5.41) is 4.11. The summed E-state index contributed by atoms with van der Waals surface area (Å²) in [5.74, 6) is 0.844. The Kier molecular flexibility index (Phi) is 4.16. The van der Waals surface area contributed by atoms with Crippen LogP contribution in [0.15, 0.2) is 54.7 Å². The normalized spacial score (nSPS) is 10.7. The third-order valence-corrected chi connectivity index (χ3v) is 3.88. The maximum absolute atomic E-state index is 6.06. The zero-order chi connectivity index (χ0) is 15.5. The zero-order valence-corrected chi connectivity index (χ0v) is 13.4. The third-order valence-electron chi connectivity index (χ3n) is 3.64. The Labute approximate surface area is 135 Å². The van der Waals surface area contributed by atoms with Gasteiger partial charge in [-0.05, 0) is 24.6 Å². The van der Waals surface area contributed by atoms with Crippen molar-refractivity contribution in [3.05, 3.63) is 70.9 Å². The van der Waals surface area contributed by atoms with E-state index in [0.29, 0.717) is 0 Å². The molecule has 3 rings (SSSR count). The van der Waals surface area contributed by atoms with Gasteiger partial charge < -0.3 is 9.88 Å². The van der Waals surface area contributed by atoms with Crippen molar-refractivity contribution in [3.63, 3.8) is 0 Å². The molecule has 0 unspecified atom stereocenters. The molecular formula is C18H18ClN3. The highest BCUT2D eigenvalue weighted by Gasteiger charge is 2.08. The summed E-state index contributed by atoms with van der Waals surface area (Å²) in [6.45, 7) is 2.85. The van der Waals surface area contributed by atoms with Gasteiger partial charge in [-0.1, -0.05) is 53.6 Å². The number of imidazole rings is 1. The first kappa shape index (κ1) is 14.7. The van der Waals surface area contributed by atoms with E-state index in [1.165, 1.54) is 11.1 Å². The molecule has 2 aromatic carbocycles. The predicted molar refractivity (Wildman–Crippen MR) is 92.2 cm³/mol. The Bertz CT molecular complexity index is 793. The number of halogens is 1. The van der Waals surface area contributed by atoms with Gasteiger partial charge in [0.15, 0.2) is 0 Å². The van der Waals surface area contributed by atoms with Crippen LogP contribution in [0.1, 0.15) is 11.1 Å². The SMILES string of the molecule is Cc1cccc(CNc2ncc(-c3cccc(Cl)c3)n2C)c1. The fourth-order valence-electron chi connectivity index (χ4n) is 2.49. The average Bonchev–Trinajstić information content (AvgIpc) is 2.86. The Morgan fingerprint density at radius 1 is 1.14 bits per heavy atom. The van der Waals surface area contributed by atoms with Crippen molar-refractivity contribution in [2.45, 2.75) is 13.5 Å². The third kappa shape index (κ3) is 3.15. The van der Waals surface area contributed by atoms with E-state index < -0.39 is 0 Å². The summed E-state index contributed by atoms with van der Waals surface area (Å²) in [6.07, 6.45) is 1.87. The zero-order valence-electron chi connectivity index (χ0n) is 12.7. The molecule has 0 saturated carbocycles. The molecule has 0 bridgehead atoms. The summed E-state index contributed by atoms with van der Waals surface area (Å²) in [4.78, 5) is 4.47. The number of benzene rings is 2. The molecule has 0 spiro atoms. The number of rotatable bonds is 4. The maximum atomic E-state index is 6.06. The van der Waals surface area contributed by atoms with Crippen LogP contribution in [0.5, 0.6) is 0 Å². The first-order valence-corrected chi connectivity index (χ1v) is 7.58. The molecule has 1 aromatic heterocycles. The molecule has 3 aromatic rings. The lowest BCUT2D eigenvalue weighted by molar-refractivity contribution is 0.906. The van der Waals surface area contributed by atoms with Crippen LogP contribution in [0.4, 0.5) is 5.95 Å². The summed E-state index contributed by atoms with van der Waals surface area (Å²) in [5.41, 5.74) is 4.60. The number of aromatic nitrogens is 2. The molecule has 3 nitrogen and oxygen atoms in total. The number of nitrogens with one attached hydrogen (secondary N) is 1. The summed E-state index contributed by atoms with van der Waals surface area (Å²) in [7, 11) is 2.00. The second kappa shape index (κ2) is 6.24. The molecule has 0 amide bonds. The second-order valence-electron chi connectivity index (χ2n) is 5.38. The lowest BCUT2D eigenvalue weighted by atomic mass is 10.1. The molecule has 4 heteroatoms. The maximum Gasteiger partial charge on any atom is 0.203 e. The molecule has 0 aliphatic rings. The Balaban J connectivity index is 1.79. The molecule has 0 fully saturated rings. The fraction of sp³-hybridized carbons (Fsp3) is 0.167. The van der Waals surface area contributed by atoms with Gasteiger partial charge in [0.1, 0.15) is 0 Å². The highest BCUT2D eigenvalue weighted by Crippen LogP contribution is 2.24. The quantitative estimate of drug-likeness (QED) is 0.759. The van der Waals surface area contributed by atoms with Crippen molar-refractivity contribution < 1.29 is 0 Å². The van der Waals surface area contributed by atoms with E-state index in [1.54, 1.807) is 0 Å². The molecule has 0 aliphatic carbocycles. The van der Waals surface area contributed by atoms with Crippen LogP contribution in [0.3, 0.4) is 0 Å². The minimum Gasteiger partial charge on any atom is -0.352 e. The molecule has 1 N–H and O–H groups in total. The topological polar surface area (TPSA) is 29.9 Å². The van der Waals surface area contributed by atoms with Crippen LogP contribution in [-0.2, 0) is 13.6 Å². The smallest absolute Gasteiger partial charge is 0.203 e. The predicted octanol–water partition coefficient (Wildman–Crippen LogP) is 4.66. The van der Waals surface area contributed by atoms with Crippen molar-refractivity contribution in [2.24, 2.45) is 7.05 Å². The van der Waals surface area contributed by atoms with Crippen molar-refractivity contribution >= 4 is 17.5 Å². The highest BCUT2D eigenvalue weighted by molar-refractivity contribution is 6.30. The van der Waals surface area contributed by atoms with Gasteiger partial charge in [0, 0.05) is 24.2 Å². The van der Waals surface area contributed by atoms with E-state index in [2.05, 4.69) is 41.5 Å². The monoisotopic (exact) mass is 311 g/mol. The summed E-state index contributed by atoms with van der Waals surface area (Å²) >= 11 is 6.06. The van der Waals surface area contributed by atoms with Crippen LogP contribution in [0.25, 0.3) is 11.3 Å². The largest absolute Gasteiger partial charge is 0.352 e. The van der Waals surface area contributed by atoms with Gasteiger partial charge >= 0.3 is 0 Å². The minimum atomic E-state index is 0.730.